The SMILES string of the molecule is COC(=O)[C@H](CC(=O)c1cnc2nc(C)ccn12)NC(=O)C(F)(F)F. The number of halogens is 3. The first-order valence-electron chi connectivity index (χ1n) is 6.93. The summed E-state index contributed by atoms with van der Waals surface area (Å²) >= 11 is 0. The second-order valence-corrected chi connectivity index (χ2v) is 5.06. The lowest BCUT2D eigenvalue weighted by Gasteiger charge is -2.16. The fourth-order valence-electron chi connectivity index (χ4n) is 2.03. The Bertz CT molecular complexity index is 831. The van der Waals surface area contributed by atoms with E-state index in [2.05, 4.69) is 14.7 Å². The molecule has 2 rings (SSSR count). The minimum Gasteiger partial charge on any atom is -0.467 e. The standard InChI is InChI=1S/C14H13F3N4O4/c1-7-3-4-21-9(6-18-13(21)19-7)10(22)5-8(11(23)25-2)20-12(24)14(15,16)17/h3-4,6,8H,5H2,1-2H3,(H,20,24)/t8-/m0/s1. The van der Waals surface area contributed by atoms with Gasteiger partial charge in [-0.05, 0) is 13.0 Å². The van der Waals surface area contributed by atoms with Crippen molar-refractivity contribution in [2.75, 3.05) is 7.11 Å². The van der Waals surface area contributed by atoms with Crippen LogP contribution >= 0.6 is 0 Å². The number of amides is 1. The smallest absolute Gasteiger partial charge is 0.467 e. The summed E-state index contributed by atoms with van der Waals surface area (Å²) in [4.78, 5) is 43.0. The molecule has 134 valence electrons. The van der Waals surface area contributed by atoms with Crippen molar-refractivity contribution >= 4 is 23.4 Å². The molecule has 0 saturated heterocycles. The molecular weight excluding hydrogens is 345 g/mol. The van der Waals surface area contributed by atoms with Crippen molar-refractivity contribution in [3.63, 3.8) is 0 Å². The molecule has 0 bridgehead atoms. The highest BCUT2D eigenvalue weighted by molar-refractivity contribution is 5.99. The van der Waals surface area contributed by atoms with Crippen molar-refractivity contribution in [1.29, 1.82) is 0 Å². The highest BCUT2D eigenvalue weighted by atomic mass is 19.4. The molecule has 0 saturated carbocycles. The predicted octanol–water partition coefficient (Wildman–Crippen LogP) is 0.831. The van der Waals surface area contributed by atoms with Crippen LogP contribution in [0.3, 0.4) is 0 Å². The summed E-state index contributed by atoms with van der Waals surface area (Å²) in [7, 11) is 0.931. The van der Waals surface area contributed by atoms with Crippen LogP contribution in [0.2, 0.25) is 0 Å². The molecule has 0 aliphatic rings. The van der Waals surface area contributed by atoms with E-state index < -0.39 is 36.3 Å². The number of fused-ring (bicyclic) bond motifs is 1. The lowest BCUT2D eigenvalue weighted by atomic mass is 10.1. The number of hydrogen-bond donors (Lipinski definition) is 1. The number of imidazole rings is 1. The maximum Gasteiger partial charge on any atom is 0.471 e. The first-order chi connectivity index (χ1) is 11.6. The largest absolute Gasteiger partial charge is 0.471 e. The molecule has 1 N–H and O–H groups in total. The van der Waals surface area contributed by atoms with Gasteiger partial charge in [0, 0.05) is 18.3 Å². The molecule has 25 heavy (non-hydrogen) atoms. The maximum absolute atomic E-state index is 12.4. The third-order valence-corrected chi connectivity index (χ3v) is 3.24. The van der Waals surface area contributed by atoms with Crippen molar-refractivity contribution in [3.8, 4) is 0 Å². The van der Waals surface area contributed by atoms with Crippen molar-refractivity contribution in [2.45, 2.75) is 25.6 Å². The molecule has 11 heteroatoms. The van der Waals surface area contributed by atoms with Gasteiger partial charge < -0.3 is 10.1 Å². The van der Waals surface area contributed by atoms with Gasteiger partial charge in [-0.1, -0.05) is 0 Å². The molecule has 0 aliphatic carbocycles. The van der Waals surface area contributed by atoms with E-state index in [1.54, 1.807) is 13.0 Å². The van der Waals surface area contributed by atoms with Crippen molar-refractivity contribution in [1.82, 2.24) is 19.7 Å². The highest BCUT2D eigenvalue weighted by Crippen LogP contribution is 2.16. The molecule has 2 heterocycles. The Balaban J connectivity index is 2.23. The number of aromatic nitrogens is 3. The van der Waals surface area contributed by atoms with Crippen LogP contribution in [-0.4, -0.2) is 51.4 Å². The number of aryl methyl sites for hydroxylation is 1. The summed E-state index contributed by atoms with van der Waals surface area (Å²) in [6.07, 6.45) is -3.22. The maximum atomic E-state index is 12.4. The van der Waals surface area contributed by atoms with Crippen LogP contribution in [0.25, 0.3) is 5.78 Å². The van der Waals surface area contributed by atoms with Crippen molar-refractivity contribution in [2.24, 2.45) is 0 Å². The second-order valence-electron chi connectivity index (χ2n) is 5.06. The van der Waals surface area contributed by atoms with Gasteiger partial charge >= 0.3 is 18.1 Å². The van der Waals surface area contributed by atoms with Crippen LogP contribution in [0, 0.1) is 6.92 Å². The van der Waals surface area contributed by atoms with Gasteiger partial charge in [0.25, 0.3) is 0 Å². The molecule has 1 amide bonds. The number of nitrogens with zero attached hydrogens (tertiary/aromatic N) is 3. The van der Waals surface area contributed by atoms with Crippen molar-refractivity contribution < 1.29 is 32.3 Å². The first kappa shape index (κ1) is 18.4. The van der Waals surface area contributed by atoms with Gasteiger partial charge in [-0.3, -0.25) is 14.0 Å². The van der Waals surface area contributed by atoms with E-state index in [-0.39, 0.29) is 11.5 Å². The molecule has 0 aliphatic heterocycles. The van der Waals surface area contributed by atoms with Gasteiger partial charge in [-0.15, -0.1) is 0 Å². The molecule has 8 nitrogen and oxygen atoms in total. The molecule has 1 atom stereocenters. The molecule has 0 aromatic carbocycles. The number of methoxy groups -OCH3 is 1. The number of carbonyl (C=O) groups is 3. The van der Waals surface area contributed by atoms with Crippen LogP contribution in [0.4, 0.5) is 13.2 Å². The molecular formula is C14H13F3N4O4. The average molecular weight is 358 g/mol. The Kier molecular flexibility index (Phi) is 5.04. The number of rotatable bonds is 5. The zero-order chi connectivity index (χ0) is 18.8. The topological polar surface area (TPSA) is 103 Å². The van der Waals surface area contributed by atoms with Gasteiger partial charge in [-0.2, -0.15) is 13.2 Å². The number of ketones is 1. The summed E-state index contributed by atoms with van der Waals surface area (Å²) in [5.41, 5.74) is 0.666. The number of esters is 1. The van der Waals surface area contributed by atoms with E-state index in [0.29, 0.717) is 5.69 Å². The van der Waals surface area contributed by atoms with Crippen LogP contribution in [0.1, 0.15) is 22.6 Å². The van der Waals surface area contributed by atoms with E-state index in [1.165, 1.54) is 22.1 Å². The van der Waals surface area contributed by atoms with Crippen LogP contribution < -0.4 is 5.32 Å². The quantitative estimate of drug-likeness (QED) is 0.627. The van der Waals surface area contributed by atoms with Crippen LogP contribution in [-0.2, 0) is 14.3 Å². The molecule has 0 spiro atoms. The first-order valence-corrected chi connectivity index (χ1v) is 6.93. The number of nitrogens with one attached hydrogen (secondary N) is 1. The van der Waals surface area contributed by atoms with E-state index >= 15 is 0 Å². The summed E-state index contributed by atoms with van der Waals surface area (Å²) in [6.45, 7) is 1.72. The Labute approximate surface area is 139 Å². The zero-order valence-electron chi connectivity index (χ0n) is 13.1. The molecule has 2 aromatic rings. The van der Waals surface area contributed by atoms with Crippen molar-refractivity contribution in [3.05, 3.63) is 29.8 Å². The number of hydrogen-bond acceptors (Lipinski definition) is 6. The number of alkyl halides is 3. The van der Waals surface area contributed by atoms with Crippen LogP contribution in [0.15, 0.2) is 18.5 Å². The summed E-state index contributed by atoms with van der Waals surface area (Å²) in [5.74, 6) is -4.01. The normalized spacial score (nSPS) is 12.7. The molecule has 0 radical (unpaired) electrons. The van der Waals surface area contributed by atoms with E-state index in [4.69, 9.17) is 0 Å². The Morgan fingerprint density at radius 2 is 2.04 bits per heavy atom. The predicted molar refractivity (Wildman–Crippen MR) is 76.7 cm³/mol. The fraction of sp³-hybridized carbons (Fsp3) is 0.357. The van der Waals surface area contributed by atoms with E-state index in [1.807, 2.05) is 0 Å². The highest BCUT2D eigenvalue weighted by Gasteiger charge is 2.41. The summed E-state index contributed by atoms with van der Waals surface area (Å²) in [6, 6.07) is -0.176. The second kappa shape index (κ2) is 6.87. The van der Waals surface area contributed by atoms with E-state index in [0.717, 1.165) is 7.11 Å². The third kappa shape index (κ3) is 4.11. The Morgan fingerprint density at radius 1 is 1.36 bits per heavy atom. The minimum absolute atomic E-state index is 0.0117. The number of Topliss-reactive ketones (excluding diaryl/α,β-unsaturated/α-hetero) is 1. The van der Waals surface area contributed by atoms with E-state index in [9.17, 15) is 27.6 Å². The van der Waals surface area contributed by atoms with Gasteiger partial charge in [0.05, 0.1) is 13.3 Å². The average Bonchev–Trinajstić information content (AvgIpc) is 2.95. The Morgan fingerprint density at radius 3 is 2.64 bits per heavy atom. The van der Waals surface area contributed by atoms with Gasteiger partial charge in [0.2, 0.25) is 5.78 Å². The number of carbonyl (C=O) groups excluding carboxylic acids is 3. The lowest BCUT2D eigenvalue weighted by Crippen LogP contribution is -2.48. The lowest BCUT2D eigenvalue weighted by molar-refractivity contribution is -0.175. The summed E-state index contributed by atoms with van der Waals surface area (Å²) in [5, 5.41) is 1.45. The number of ether oxygens (including phenoxy) is 1. The van der Waals surface area contributed by atoms with Gasteiger partial charge in [0.1, 0.15) is 11.7 Å². The Hall–Kier alpha value is -2.98. The zero-order valence-corrected chi connectivity index (χ0v) is 13.1. The molecule has 0 unspecified atom stereocenters. The monoisotopic (exact) mass is 358 g/mol. The fourth-order valence-corrected chi connectivity index (χ4v) is 2.03. The third-order valence-electron chi connectivity index (χ3n) is 3.24. The van der Waals surface area contributed by atoms with Crippen LogP contribution in [0.5, 0.6) is 0 Å². The van der Waals surface area contributed by atoms with Gasteiger partial charge in [-0.25, -0.2) is 14.8 Å². The van der Waals surface area contributed by atoms with Gasteiger partial charge in [0.15, 0.2) is 5.78 Å². The molecule has 0 fully saturated rings. The molecule has 2 aromatic heterocycles. The minimum atomic E-state index is -5.19. The summed E-state index contributed by atoms with van der Waals surface area (Å²) < 4.78 is 42.8.